The Morgan fingerprint density at radius 1 is 1.06 bits per heavy atom. The van der Waals surface area contributed by atoms with Gasteiger partial charge in [0.1, 0.15) is 23.3 Å². The first-order valence-corrected chi connectivity index (χ1v) is 24.6. The highest BCUT2D eigenvalue weighted by molar-refractivity contribution is 6.30. The Hall–Kier alpha value is -6.51. The second-order valence-electron chi connectivity index (χ2n) is 21.3. The molecule has 1 saturated carbocycles. The molecule has 4 aromatic rings. The van der Waals surface area contributed by atoms with Crippen molar-refractivity contribution in [1.82, 2.24) is 25.4 Å². The maximum Gasteiger partial charge on any atom is 0.433 e. The van der Waals surface area contributed by atoms with Crippen LogP contribution in [0.4, 0.5) is 28.9 Å². The van der Waals surface area contributed by atoms with Gasteiger partial charge in [-0.3, -0.25) is 34.3 Å². The highest BCUT2D eigenvalue weighted by Gasteiger charge is 2.63. The van der Waals surface area contributed by atoms with Gasteiger partial charge >= 0.3 is 6.18 Å². The van der Waals surface area contributed by atoms with Crippen LogP contribution in [-0.4, -0.2) is 88.7 Å². The van der Waals surface area contributed by atoms with E-state index in [1.807, 2.05) is 38.7 Å². The van der Waals surface area contributed by atoms with Crippen LogP contribution in [0, 0.1) is 34.4 Å². The average Bonchev–Trinajstić information content (AvgIpc) is 3.54. The second-order valence-corrected chi connectivity index (χ2v) is 21.7. The normalized spacial score (nSPS) is 27.5. The minimum atomic E-state index is -4.71. The van der Waals surface area contributed by atoms with Gasteiger partial charge in [0.2, 0.25) is 17.7 Å². The SMILES string of the molecule is COc1cc(C(=O)N2CCC[C@]3(C[C@@H]3C#Cc3cccc4c3CN(C3CCC(=O)NC3=O)C4=O)[C@H]2C)ccc1NC(=O)[C@@H]1N[C@@H](CC(C)(C)C)[C@@]2(CNc3cc(C(F)(F)F)ncc32)[C@H]1c1cccc(Cl)c1F. The molecular formula is C54H54ClF4N7O6. The summed E-state index contributed by atoms with van der Waals surface area (Å²) in [5.41, 5.74) is 0.430. The lowest BCUT2D eigenvalue weighted by molar-refractivity contribution is -0.141. The number of ether oxygens (including phenoxy) is 1. The van der Waals surface area contributed by atoms with Crippen molar-refractivity contribution in [3.63, 3.8) is 0 Å². The Bertz CT molecular complexity index is 3020. The third-order valence-electron chi connectivity index (χ3n) is 16.0. The minimum absolute atomic E-state index is 0.00733. The van der Waals surface area contributed by atoms with E-state index in [0.717, 1.165) is 30.9 Å². The van der Waals surface area contributed by atoms with Crippen molar-refractivity contribution in [2.75, 3.05) is 30.8 Å². The van der Waals surface area contributed by atoms with E-state index in [1.165, 1.54) is 24.3 Å². The molecular weight excluding hydrogens is 954 g/mol. The van der Waals surface area contributed by atoms with E-state index in [-0.39, 0.29) is 94.2 Å². The number of nitrogens with zero attached hydrogens (tertiary/aromatic N) is 3. The number of hydrogen-bond acceptors (Lipinski definition) is 9. The predicted octanol–water partition coefficient (Wildman–Crippen LogP) is 8.21. The van der Waals surface area contributed by atoms with Crippen LogP contribution in [0.15, 0.2) is 66.9 Å². The van der Waals surface area contributed by atoms with E-state index in [4.69, 9.17) is 16.3 Å². The van der Waals surface area contributed by atoms with Gasteiger partial charge in [0.05, 0.1) is 23.9 Å². The summed E-state index contributed by atoms with van der Waals surface area (Å²) in [7, 11) is 1.42. The molecule has 1 aliphatic carbocycles. The van der Waals surface area contributed by atoms with Crippen molar-refractivity contribution in [2.45, 2.75) is 114 Å². The Morgan fingerprint density at radius 3 is 2.57 bits per heavy atom. The van der Waals surface area contributed by atoms with Gasteiger partial charge in [-0.05, 0) is 98.0 Å². The molecule has 376 valence electrons. The first-order chi connectivity index (χ1) is 34.1. The summed E-state index contributed by atoms with van der Waals surface area (Å²) in [6.45, 7) is 8.89. The van der Waals surface area contributed by atoms with Crippen molar-refractivity contribution in [2.24, 2.45) is 16.7 Å². The fourth-order valence-corrected chi connectivity index (χ4v) is 12.5. The summed E-state index contributed by atoms with van der Waals surface area (Å²) in [4.78, 5) is 74.4. The summed E-state index contributed by atoms with van der Waals surface area (Å²) >= 11 is 6.39. The van der Waals surface area contributed by atoms with Crippen LogP contribution in [0.2, 0.25) is 5.02 Å². The smallest absolute Gasteiger partial charge is 0.433 e. The third kappa shape index (κ3) is 8.33. The minimum Gasteiger partial charge on any atom is -0.495 e. The Labute approximate surface area is 419 Å². The Kier molecular flexibility index (Phi) is 12.2. The summed E-state index contributed by atoms with van der Waals surface area (Å²) < 4.78 is 64.0. The molecule has 6 aliphatic rings. The summed E-state index contributed by atoms with van der Waals surface area (Å²) in [6, 6.07) is 13.0. The van der Waals surface area contributed by atoms with Gasteiger partial charge in [-0.2, -0.15) is 13.2 Å². The van der Waals surface area contributed by atoms with Gasteiger partial charge in [0.15, 0.2) is 0 Å². The number of pyridine rings is 1. The van der Waals surface area contributed by atoms with Crippen molar-refractivity contribution < 1.29 is 46.3 Å². The molecule has 4 fully saturated rings. The third-order valence-corrected chi connectivity index (χ3v) is 16.3. The fourth-order valence-electron chi connectivity index (χ4n) is 12.3. The molecule has 10 rings (SSSR count). The molecule has 1 aromatic heterocycles. The molecule has 1 unspecified atom stereocenters. The molecule has 0 bridgehead atoms. The molecule has 8 atom stereocenters. The van der Waals surface area contributed by atoms with Gasteiger partial charge in [-0.1, -0.05) is 62.4 Å². The lowest BCUT2D eigenvalue weighted by Gasteiger charge is -2.40. The summed E-state index contributed by atoms with van der Waals surface area (Å²) in [6.07, 6.45) is -0.226. The quantitative estimate of drug-likeness (QED) is 0.0813. The first-order valence-electron chi connectivity index (χ1n) is 24.2. The lowest BCUT2D eigenvalue weighted by atomic mass is 9.63. The number of halogens is 5. The molecule has 72 heavy (non-hydrogen) atoms. The van der Waals surface area contributed by atoms with Gasteiger partial charge in [-0.15, -0.1) is 0 Å². The topological polar surface area (TPSA) is 162 Å². The predicted molar refractivity (Wildman–Crippen MR) is 260 cm³/mol. The number of imide groups is 1. The lowest BCUT2D eigenvalue weighted by Crippen LogP contribution is -2.52. The van der Waals surface area contributed by atoms with Crippen LogP contribution in [0.25, 0.3) is 0 Å². The zero-order valence-corrected chi connectivity index (χ0v) is 41.1. The zero-order valence-electron chi connectivity index (χ0n) is 40.4. The van der Waals surface area contributed by atoms with Crippen molar-refractivity contribution in [3.8, 4) is 17.6 Å². The highest BCUT2D eigenvalue weighted by atomic mass is 35.5. The van der Waals surface area contributed by atoms with Crippen LogP contribution in [-0.2, 0) is 32.5 Å². The van der Waals surface area contributed by atoms with Crippen LogP contribution in [0.1, 0.15) is 121 Å². The van der Waals surface area contributed by atoms with Crippen molar-refractivity contribution in [1.29, 1.82) is 0 Å². The molecule has 0 radical (unpaired) electrons. The molecule has 3 aromatic carbocycles. The molecule has 2 spiro atoms. The number of amides is 5. The standard InChI is InChI=1S/C54H54ClF4N7O6/c1-28-52(23-31(52)15-13-29-9-6-10-32-34(29)26-66(50(32)71)39-17-18-43(67)64-47(39)68)19-8-20-65(28)49(70)30-14-16-37(40(21-30)72-5)62-48(69)46-44(33-11-7-12-36(55)45(33)56)53(42(63-46)24-51(2,3)4)27-61-38-22-41(54(57,58)59)60-25-35(38)53/h6-7,9-12,14,16,21-22,25,28,31,39,42,44,46,61,63H,8,17-20,23-24,26-27H2,1-5H3,(H,62,69)(H,64,67,68)/t28-,31+,39?,42+,44+,46-,52+,53+/m1/s1. The number of methoxy groups -OCH3 is 1. The van der Waals surface area contributed by atoms with Crippen LogP contribution < -0.4 is 26.0 Å². The Balaban J connectivity index is 0.886. The number of anilines is 2. The molecule has 13 nitrogen and oxygen atoms in total. The van der Waals surface area contributed by atoms with Gasteiger partial charge in [-0.25, -0.2) is 4.39 Å². The van der Waals surface area contributed by atoms with Crippen molar-refractivity contribution >= 4 is 52.5 Å². The molecule has 4 N–H and O–H groups in total. The van der Waals surface area contributed by atoms with E-state index in [9.17, 15) is 37.1 Å². The molecule has 5 aliphatic heterocycles. The largest absolute Gasteiger partial charge is 0.495 e. The number of rotatable bonds is 7. The van der Waals surface area contributed by atoms with Gasteiger partial charge in [0.25, 0.3) is 11.8 Å². The van der Waals surface area contributed by atoms with E-state index >= 15 is 4.39 Å². The number of carbonyl (C=O) groups excluding carboxylic acids is 5. The van der Waals surface area contributed by atoms with Gasteiger partial charge < -0.3 is 30.5 Å². The molecule has 18 heteroatoms. The van der Waals surface area contributed by atoms with E-state index in [1.54, 1.807) is 42.5 Å². The fraction of sp³-hybridized carbons (Fsp3) is 0.444. The molecule has 6 heterocycles. The number of piperidine rings is 2. The monoisotopic (exact) mass is 1010 g/mol. The number of nitrogens with one attached hydrogen (secondary N) is 4. The first kappa shape index (κ1) is 49.1. The van der Waals surface area contributed by atoms with Crippen LogP contribution in [0.3, 0.4) is 0 Å². The molecule has 5 amide bonds. The second kappa shape index (κ2) is 17.9. The van der Waals surface area contributed by atoms with E-state index in [2.05, 4.69) is 38.1 Å². The number of hydrogen-bond donors (Lipinski definition) is 4. The maximum atomic E-state index is 16.4. The van der Waals surface area contributed by atoms with Crippen LogP contribution in [0.5, 0.6) is 5.75 Å². The Morgan fingerprint density at radius 2 is 1.83 bits per heavy atom. The van der Waals surface area contributed by atoms with Crippen LogP contribution >= 0.6 is 11.6 Å². The number of alkyl halides is 3. The number of aromatic nitrogens is 1. The highest BCUT2D eigenvalue weighted by Crippen LogP contribution is 2.61. The zero-order chi connectivity index (χ0) is 51.2. The van der Waals surface area contributed by atoms with Crippen molar-refractivity contribution in [3.05, 3.63) is 117 Å². The summed E-state index contributed by atoms with van der Waals surface area (Å²) in [5, 5.41) is 11.8. The maximum absolute atomic E-state index is 16.4. The molecule has 3 saturated heterocycles. The number of likely N-dealkylation sites (tertiary alicyclic amines) is 1. The number of fused-ring (bicyclic) bond motifs is 3. The average molecular weight is 1010 g/mol. The van der Waals surface area contributed by atoms with Gasteiger partial charge in [0, 0.05) is 94.9 Å². The van der Waals surface area contributed by atoms with E-state index < -0.39 is 59.0 Å². The number of benzene rings is 3. The summed E-state index contributed by atoms with van der Waals surface area (Å²) in [5.74, 6) is 3.39. The van der Waals surface area contributed by atoms with E-state index in [0.29, 0.717) is 35.2 Å². The number of carbonyl (C=O) groups is 5.